The van der Waals surface area contributed by atoms with Crippen molar-refractivity contribution in [1.82, 2.24) is 25.2 Å². The van der Waals surface area contributed by atoms with Crippen molar-refractivity contribution in [2.24, 2.45) is 5.92 Å². The molecule has 2 amide bonds. The van der Waals surface area contributed by atoms with Gasteiger partial charge in [0.2, 0.25) is 11.8 Å². The summed E-state index contributed by atoms with van der Waals surface area (Å²) in [6.45, 7) is 1.89. The van der Waals surface area contributed by atoms with E-state index in [0.29, 0.717) is 28.6 Å². The molecule has 2 aliphatic rings. The first kappa shape index (κ1) is 22.4. The molecule has 0 aromatic carbocycles. The van der Waals surface area contributed by atoms with Gasteiger partial charge in [-0.15, -0.1) is 0 Å². The van der Waals surface area contributed by atoms with Crippen molar-refractivity contribution in [3.05, 3.63) is 28.3 Å². The van der Waals surface area contributed by atoms with Gasteiger partial charge in [0.1, 0.15) is 17.6 Å². The molecule has 2 aromatic rings. The van der Waals surface area contributed by atoms with Gasteiger partial charge < -0.3 is 15.5 Å². The highest BCUT2D eigenvalue weighted by Crippen LogP contribution is 2.29. The van der Waals surface area contributed by atoms with Crippen molar-refractivity contribution in [2.75, 3.05) is 31.6 Å². The maximum absolute atomic E-state index is 12.9. The zero-order valence-corrected chi connectivity index (χ0v) is 19.2. The molecule has 172 valence electrons. The number of aromatic nitrogens is 3. The summed E-state index contributed by atoms with van der Waals surface area (Å²) in [5, 5.41) is 6.31. The van der Waals surface area contributed by atoms with Crippen LogP contribution in [0.2, 0.25) is 0 Å². The highest BCUT2D eigenvalue weighted by Gasteiger charge is 2.27. The molecule has 1 aliphatic heterocycles. The summed E-state index contributed by atoms with van der Waals surface area (Å²) >= 11 is 1.28. The maximum Gasteiger partial charge on any atom is 0.273 e. The van der Waals surface area contributed by atoms with Crippen LogP contribution in [0.25, 0.3) is 10.3 Å². The summed E-state index contributed by atoms with van der Waals surface area (Å²) in [6.07, 6.45) is 11.0. The van der Waals surface area contributed by atoms with E-state index in [9.17, 15) is 14.4 Å². The Kier molecular flexibility index (Phi) is 7.19. The monoisotopic (exact) mass is 458 g/mol. The van der Waals surface area contributed by atoms with Gasteiger partial charge >= 0.3 is 0 Å². The Morgan fingerprint density at radius 3 is 2.94 bits per heavy atom. The van der Waals surface area contributed by atoms with E-state index in [0.717, 1.165) is 38.6 Å². The minimum Gasteiger partial charge on any atom is -0.359 e. The third-order valence-corrected chi connectivity index (χ3v) is 7.24. The Morgan fingerprint density at radius 1 is 1.28 bits per heavy atom. The molecule has 0 radical (unpaired) electrons. The molecule has 0 bridgehead atoms. The first-order valence-electron chi connectivity index (χ1n) is 11.3. The molecular formula is C22H30N6O3S. The largest absolute Gasteiger partial charge is 0.359 e. The van der Waals surface area contributed by atoms with Gasteiger partial charge in [-0.2, -0.15) is 4.98 Å². The van der Waals surface area contributed by atoms with Crippen LogP contribution in [0.1, 0.15) is 44.9 Å². The van der Waals surface area contributed by atoms with Crippen LogP contribution in [-0.4, -0.2) is 53.0 Å². The van der Waals surface area contributed by atoms with E-state index in [-0.39, 0.29) is 29.8 Å². The normalized spacial score (nSPS) is 19.0. The Labute approximate surface area is 190 Å². The maximum atomic E-state index is 12.9. The van der Waals surface area contributed by atoms with Crippen molar-refractivity contribution in [3.8, 4) is 0 Å². The summed E-state index contributed by atoms with van der Waals surface area (Å²) in [5.74, 6) is -0.251. The van der Waals surface area contributed by atoms with E-state index in [1.165, 1.54) is 40.6 Å². The first-order chi connectivity index (χ1) is 15.5. The highest BCUT2D eigenvalue weighted by molar-refractivity contribution is 7.22. The number of rotatable bonds is 7. The number of fused-ring (bicyclic) bond motifs is 1. The molecule has 0 saturated carbocycles. The zero-order chi connectivity index (χ0) is 22.5. The molecule has 1 saturated heterocycles. The number of carbonyl (C=O) groups excluding carboxylic acids is 2. The van der Waals surface area contributed by atoms with Crippen molar-refractivity contribution in [3.63, 3.8) is 0 Å². The molecule has 3 heterocycles. The van der Waals surface area contributed by atoms with Gasteiger partial charge in [-0.1, -0.05) is 23.0 Å². The van der Waals surface area contributed by atoms with Gasteiger partial charge in [0, 0.05) is 26.7 Å². The second-order valence-corrected chi connectivity index (χ2v) is 9.41. The van der Waals surface area contributed by atoms with Crippen LogP contribution < -0.4 is 21.1 Å². The molecule has 9 nitrogen and oxygen atoms in total. The number of nitrogens with one attached hydrogen (secondary N) is 2. The Bertz CT molecular complexity index is 1080. The zero-order valence-electron chi connectivity index (χ0n) is 18.4. The fourth-order valence-electron chi connectivity index (χ4n) is 4.36. The van der Waals surface area contributed by atoms with E-state index in [2.05, 4.69) is 26.7 Å². The molecule has 1 aliphatic carbocycles. The van der Waals surface area contributed by atoms with E-state index >= 15 is 0 Å². The number of piperidine rings is 1. The predicted molar refractivity (Wildman–Crippen MR) is 125 cm³/mol. The summed E-state index contributed by atoms with van der Waals surface area (Å²) < 4.78 is 1.77. The van der Waals surface area contributed by atoms with Crippen LogP contribution >= 0.6 is 11.3 Å². The summed E-state index contributed by atoms with van der Waals surface area (Å²) in [7, 11) is 1.65. The number of amides is 2. The standard InChI is InChI=1S/C22H30N6O3S/c1-23-20(30)16-8-5-11-27(12-16)22-26-19-18(32-22)21(31)28(14-25-19)13-17(29)24-10-9-15-6-3-2-4-7-15/h6,14,16H,2-5,7-13H2,1H3,(H,23,30)(H,24,29). The summed E-state index contributed by atoms with van der Waals surface area (Å²) in [4.78, 5) is 48.2. The summed E-state index contributed by atoms with van der Waals surface area (Å²) in [5.41, 5.74) is 1.53. The fourth-order valence-corrected chi connectivity index (χ4v) is 5.36. The molecule has 2 aromatic heterocycles. The predicted octanol–water partition coefficient (Wildman–Crippen LogP) is 1.82. The minimum absolute atomic E-state index is 0.0297. The van der Waals surface area contributed by atoms with Crippen molar-refractivity contribution in [1.29, 1.82) is 0 Å². The number of allylic oxidation sites excluding steroid dienone is 1. The second-order valence-electron chi connectivity index (χ2n) is 8.43. The van der Waals surface area contributed by atoms with Crippen LogP contribution in [-0.2, 0) is 16.1 Å². The average Bonchev–Trinajstić information content (AvgIpc) is 3.26. The number of hydrogen-bond donors (Lipinski definition) is 2. The SMILES string of the molecule is CNC(=O)C1CCCN(c2nc3ncn(CC(=O)NCCC4=CCCCC4)c(=O)c3s2)C1. The molecule has 10 heteroatoms. The lowest BCUT2D eigenvalue weighted by Gasteiger charge is -2.31. The first-order valence-corrected chi connectivity index (χ1v) is 12.1. The number of carbonyl (C=O) groups is 2. The van der Waals surface area contributed by atoms with Crippen LogP contribution in [0, 0.1) is 5.92 Å². The van der Waals surface area contributed by atoms with Crippen molar-refractivity contribution < 1.29 is 9.59 Å². The van der Waals surface area contributed by atoms with Crippen LogP contribution in [0.3, 0.4) is 0 Å². The molecule has 4 rings (SSSR count). The molecule has 1 atom stereocenters. The molecule has 32 heavy (non-hydrogen) atoms. The van der Waals surface area contributed by atoms with Crippen LogP contribution in [0.15, 0.2) is 22.8 Å². The molecular weight excluding hydrogens is 428 g/mol. The Morgan fingerprint density at radius 2 is 2.16 bits per heavy atom. The van der Waals surface area contributed by atoms with Gasteiger partial charge in [-0.25, -0.2) is 4.98 Å². The quantitative estimate of drug-likeness (QED) is 0.613. The third-order valence-electron chi connectivity index (χ3n) is 6.15. The number of hydrogen-bond acceptors (Lipinski definition) is 7. The Hall–Kier alpha value is -2.75. The molecule has 1 unspecified atom stereocenters. The smallest absolute Gasteiger partial charge is 0.273 e. The topological polar surface area (TPSA) is 109 Å². The van der Waals surface area contributed by atoms with E-state index in [1.807, 2.05) is 4.90 Å². The number of thiazole rings is 1. The van der Waals surface area contributed by atoms with Gasteiger partial charge in [-0.05, 0) is 44.9 Å². The lowest BCUT2D eigenvalue weighted by molar-refractivity contribution is -0.124. The molecule has 0 spiro atoms. The highest BCUT2D eigenvalue weighted by atomic mass is 32.1. The van der Waals surface area contributed by atoms with Gasteiger partial charge in [0.15, 0.2) is 10.8 Å². The van der Waals surface area contributed by atoms with E-state index in [4.69, 9.17) is 0 Å². The van der Waals surface area contributed by atoms with Gasteiger partial charge in [0.05, 0.1) is 5.92 Å². The van der Waals surface area contributed by atoms with E-state index in [1.54, 1.807) is 7.05 Å². The van der Waals surface area contributed by atoms with Gasteiger partial charge in [0.25, 0.3) is 5.56 Å². The van der Waals surface area contributed by atoms with Crippen molar-refractivity contribution >= 4 is 38.6 Å². The average molecular weight is 459 g/mol. The van der Waals surface area contributed by atoms with Crippen molar-refractivity contribution in [2.45, 2.75) is 51.5 Å². The Balaban J connectivity index is 1.40. The van der Waals surface area contributed by atoms with E-state index < -0.39 is 0 Å². The fraction of sp³-hybridized carbons (Fsp3) is 0.591. The van der Waals surface area contributed by atoms with Crippen LogP contribution in [0.5, 0.6) is 0 Å². The molecule has 2 N–H and O–H groups in total. The molecule has 1 fully saturated rings. The van der Waals surface area contributed by atoms with Gasteiger partial charge in [-0.3, -0.25) is 19.0 Å². The number of nitrogens with zero attached hydrogens (tertiary/aromatic N) is 4. The van der Waals surface area contributed by atoms with Crippen LogP contribution in [0.4, 0.5) is 5.13 Å². The minimum atomic E-state index is -0.260. The summed E-state index contributed by atoms with van der Waals surface area (Å²) in [6, 6.07) is 0. The lowest BCUT2D eigenvalue weighted by atomic mass is 9.97. The third kappa shape index (κ3) is 5.17. The lowest BCUT2D eigenvalue weighted by Crippen LogP contribution is -2.42. The number of anilines is 1. The second kappa shape index (κ2) is 10.2.